The van der Waals surface area contributed by atoms with Gasteiger partial charge in [0.25, 0.3) is 0 Å². The average Bonchev–Trinajstić information content (AvgIpc) is 2.36. The number of rotatable bonds is 3. The molecule has 1 N–H and O–H groups in total. The molecule has 0 heterocycles. The van der Waals surface area contributed by atoms with Crippen LogP contribution in [0.4, 0.5) is 8.78 Å². The normalized spacial score (nSPS) is 12.3. The molecule has 106 valence electrons. The van der Waals surface area contributed by atoms with Crippen LogP contribution < -0.4 is 4.74 Å². The molecule has 0 fully saturated rings. The summed E-state index contributed by atoms with van der Waals surface area (Å²) in [6.45, 7) is 3.13. The number of aliphatic hydroxyl groups excluding tert-OH is 1. The summed E-state index contributed by atoms with van der Waals surface area (Å²) in [5.41, 5.74) is 0.743. The van der Waals surface area contributed by atoms with Gasteiger partial charge >= 0.3 is 0 Å². The molecule has 0 radical (unpaired) electrons. The van der Waals surface area contributed by atoms with Gasteiger partial charge in [-0.05, 0) is 65.7 Å². The Labute approximate surface area is 124 Å². The van der Waals surface area contributed by atoms with Gasteiger partial charge in [-0.15, -0.1) is 0 Å². The lowest BCUT2D eigenvalue weighted by Crippen LogP contribution is -1.99. The molecule has 2 nitrogen and oxygen atoms in total. The Balaban J connectivity index is 2.44. The van der Waals surface area contributed by atoms with Gasteiger partial charge in [0, 0.05) is 5.56 Å². The molecule has 1 atom stereocenters. The van der Waals surface area contributed by atoms with E-state index in [2.05, 4.69) is 15.9 Å². The van der Waals surface area contributed by atoms with E-state index in [9.17, 15) is 13.9 Å². The molecule has 0 aromatic heterocycles. The third-order valence-electron chi connectivity index (χ3n) is 2.85. The first-order valence-corrected chi connectivity index (χ1v) is 6.79. The summed E-state index contributed by atoms with van der Waals surface area (Å²) in [7, 11) is 0. The molecular weight excluding hydrogens is 330 g/mol. The molecule has 0 aliphatic heterocycles. The smallest absolute Gasteiger partial charge is 0.141 e. The van der Waals surface area contributed by atoms with Crippen molar-refractivity contribution in [2.75, 3.05) is 0 Å². The van der Waals surface area contributed by atoms with Crippen LogP contribution in [0.15, 0.2) is 34.8 Å². The second kappa shape index (κ2) is 5.89. The molecule has 0 spiro atoms. The Morgan fingerprint density at radius 3 is 2.45 bits per heavy atom. The van der Waals surface area contributed by atoms with Crippen LogP contribution in [0.25, 0.3) is 0 Å². The van der Waals surface area contributed by atoms with Crippen LogP contribution in [0.3, 0.4) is 0 Å². The molecule has 2 aromatic carbocycles. The first-order valence-electron chi connectivity index (χ1n) is 5.99. The highest BCUT2D eigenvalue weighted by Crippen LogP contribution is 2.35. The zero-order valence-electron chi connectivity index (χ0n) is 11.0. The van der Waals surface area contributed by atoms with E-state index in [1.54, 1.807) is 6.92 Å². The SMILES string of the molecule is Cc1cc(Oc2ccc(F)cc2Br)c(C(C)O)cc1F. The number of benzene rings is 2. The molecule has 0 aliphatic carbocycles. The Hall–Kier alpha value is -1.46. The lowest BCUT2D eigenvalue weighted by atomic mass is 10.1. The molecule has 1 unspecified atom stereocenters. The second-order valence-electron chi connectivity index (χ2n) is 4.49. The van der Waals surface area contributed by atoms with E-state index in [-0.39, 0.29) is 0 Å². The molecule has 0 saturated heterocycles. The maximum absolute atomic E-state index is 13.6. The minimum atomic E-state index is -0.876. The van der Waals surface area contributed by atoms with Crippen LogP contribution in [0.5, 0.6) is 11.5 Å². The average molecular weight is 343 g/mol. The van der Waals surface area contributed by atoms with Crippen LogP contribution in [-0.4, -0.2) is 5.11 Å². The molecule has 20 heavy (non-hydrogen) atoms. The predicted molar refractivity (Wildman–Crippen MR) is 75.9 cm³/mol. The minimum absolute atomic E-state index is 0.337. The highest BCUT2D eigenvalue weighted by Gasteiger charge is 2.15. The monoisotopic (exact) mass is 342 g/mol. The summed E-state index contributed by atoms with van der Waals surface area (Å²) in [4.78, 5) is 0. The van der Waals surface area contributed by atoms with Crippen LogP contribution in [0.2, 0.25) is 0 Å². The summed E-state index contributed by atoms with van der Waals surface area (Å²) in [6, 6.07) is 6.75. The standard InChI is InChI=1S/C15H13BrF2O2/c1-8-5-15(11(9(2)19)7-13(8)18)20-14-4-3-10(17)6-12(14)16/h3-7,9,19H,1-2H3. The van der Waals surface area contributed by atoms with Crippen molar-refractivity contribution in [3.05, 3.63) is 57.6 Å². The van der Waals surface area contributed by atoms with Gasteiger partial charge in [-0.25, -0.2) is 8.78 Å². The van der Waals surface area contributed by atoms with Crippen molar-refractivity contribution < 1.29 is 18.6 Å². The Kier molecular flexibility index (Phi) is 4.40. The topological polar surface area (TPSA) is 29.5 Å². The molecular formula is C15H13BrF2O2. The Morgan fingerprint density at radius 1 is 1.15 bits per heavy atom. The predicted octanol–water partition coefficient (Wildman–Crippen LogP) is 4.88. The summed E-state index contributed by atoms with van der Waals surface area (Å²) < 4.78 is 32.7. The fourth-order valence-corrected chi connectivity index (χ4v) is 2.19. The van der Waals surface area contributed by atoms with Crippen LogP contribution in [0, 0.1) is 18.6 Å². The number of hydrogen-bond donors (Lipinski definition) is 1. The highest BCUT2D eigenvalue weighted by molar-refractivity contribution is 9.10. The molecule has 5 heteroatoms. The maximum Gasteiger partial charge on any atom is 0.141 e. The van der Waals surface area contributed by atoms with E-state index >= 15 is 0 Å². The molecule has 0 aliphatic rings. The fraction of sp³-hybridized carbons (Fsp3) is 0.200. The maximum atomic E-state index is 13.6. The molecule has 0 bridgehead atoms. The van der Waals surface area contributed by atoms with Crippen LogP contribution >= 0.6 is 15.9 Å². The van der Waals surface area contributed by atoms with Gasteiger partial charge in [-0.3, -0.25) is 0 Å². The van der Waals surface area contributed by atoms with E-state index in [0.29, 0.717) is 27.1 Å². The number of halogens is 3. The van der Waals surface area contributed by atoms with Gasteiger partial charge in [0.2, 0.25) is 0 Å². The first kappa shape index (κ1) is 14.9. The van der Waals surface area contributed by atoms with Gasteiger partial charge in [-0.1, -0.05) is 0 Å². The van der Waals surface area contributed by atoms with E-state index in [1.807, 2.05) is 0 Å². The molecule has 2 rings (SSSR count). The van der Waals surface area contributed by atoms with Crippen molar-refractivity contribution in [1.29, 1.82) is 0 Å². The number of aryl methyl sites for hydroxylation is 1. The second-order valence-corrected chi connectivity index (χ2v) is 5.35. The van der Waals surface area contributed by atoms with Crippen molar-refractivity contribution in [3.63, 3.8) is 0 Å². The van der Waals surface area contributed by atoms with Crippen molar-refractivity contribution in [3.8, 4) is 11.5 Å². The van der Waals surface area contributed by atoms with Gasteiger partial charge in [-0.2, -0.15) is 0 Å². The summed E-state index contributed by atoms with van der Waals surface area (Å²) in [5, 5.41) is 9.69. The zero-order chi connectivity index (χ0) is 14.9. The summed E-state index contributed by atoms with van der Waals surface area (Å²) in [6.07, 6.45) is -0.876. The first-order chi connectivity index (χ1) is 9.38. The summed E-state index contributed by atoms with van der Waals surface area (Å²) >= 11 is 3.20. The Bertz CT molecular complexity index is 642. The zero-order valence-corrected chi connectivity index (χ0v) is 12.5. The van der Waals surface area contributed by atoms with Gasteiger partial charge in [0.05, 0.1) is 10.6 Å². The van der Waals surface area contributed by atoms with Crippen molar-refractivity contribution in [2.45, 2.75) is 20.0 Å². The third kappa shape index (κ3) is 3.16. The van der Waals surface area contributed by atoms with Gasteiger partial charge < -0.3 is 9.84 Å². The van der Waals surface area contributed by atoms with E-state index in [1.165, 1.54) is 37.3 Å². The number of hydrogen-bond acceptors (Lipinski definition) is 2. The highest BCUT2D eigenvalue weighted by atomic mass is 79.9. The quantitative estimate of drug-likeness (QED) is 0.861. The van der Waals surface area contributed by atoms with E-state index < -0.39 is 17.7 Å². The third-order valence-corrected chi connectivity index (χ3v) is 3.47. The van der Waals surface area contributed by atoms with E-state index in [4.69, 9.17) is 4.74 Å². The van der Waals surface area contributed by atoms with Gasteiger partial charge in [0.15, 0.2) is 0 Å². The lowest BCUT2D eigenvalue weighted by Gasteiger charge is -2.15. The van der Waals surface area contributed by atoms with Crippen LogP contribution in [0.1, 0.15) is 24.2 Å². The molecule has 2 aromatic rings. The molecule has 0 saturated carbocycles. The van der Waals surface area contributed by atoms with Gasteiger partial charge in [0.1, 0.15) is 23.1 Å². The van der Waals surface area contributed by atoms with Crippen molar-refractivity contribution >= 4 is 15.9 Å². The van der Waals surface area contributed by atoms with Crippen molar-refractivity contribution in [2.24, 2.45) is 0 Å². The number of aliphatic hydroxyl groups is 1. The molecule has 0 amide bonds. The van der Waals surface area contributed by atoms with Crippen LogP contribution in [-0.2, 0) is 0 Å². The van der Waals surface area contributed by atoms with E-state index in [0.717, 1.165) is 0 Å². The minimum Gasteiger partial charge on any atom is -0.456 e. The number of ether oxygens (including phenoxy) is 1. The fourth-order valence-electron chi connectivity index (χ4n) is 1.76. The Morgan fingerprint density at radius 2 is 1.85 bits per heavy atom. The summed E-state index contributed by atoms with van der Waals surface area (Å²) in [5.74, 6) is -0.0767. The lowest BCUT2D eigenvalue weighted by molar-refractivity contribution is 0.195. The van der Waals surface area contributed by atoms with Crippen molar-refractivity contribution in [1.82, 2.24) is 0 Å². The largest absolute Gasteiger partial charge is 0.456 e.